The number of carboxylic acids is 1. The molecule has 1 fully saturated rings. The van der Waals surface area contributed by atoms with Crippen LogP contribution >= 0.6 is 11.8 Å². The van der Waals surface area contributed by atoms with Crippen LogP contribution in [0.15, 0.2) is 28.4 Å². The minimum Gasteiger partial charge on any atom is -0.507 e. The highest BCUT2D eigenvalue weighted by atomic mass is 32.2. The summed E-state index contributed by atoms with van der Waals surface area (Å²) in [6.45, 7) is 5.76. The normalized spacial score (nSPS) is 18.7. The summed E-state index contributed by atoms with van der Waals surface area (Å²) in [5.41, 5.74) is 1.41. The van der Waals surface area contributed by atoms with Crippen LogP contribution in [0.5, 0.6) is 5.75 Å². The molecule has 0 radical (unpaired) electrons. The summed E-state index contributed by atoms with van der Waals surface area (Å²) in [6, 6.07) is 5.28. The van der Waals surface area contributed by atoms with Crippen molar-refractivity contribution in [3.05, 3.63) is 23.8 Å². The molecule has 3 N–H and O–H groups in total. The zero-order chi connectivity index (χ0) is 18.4. The topological polar surface area (TPSA) is 115 Å². The number of aromatic hydroxyl groups is 1. The Hall–Kier alpha value is -2.55. The second-order valence-corrected chi connectivity index (χ2v) is 6.45. The number of hydrogen-bond acceptors (Lipinski definition) is 7. The Morgan fingerprint density at radius 2 is 2.12 bits per heavy atom. The molecule has 0 aliphatic carbocycles. The van der Waals surface area contributed by atoms with Gasteiger partial charge in [-0.25, -0.2) is 0 Å². The standard InChI is InChI=1S/C16H20N4O4S/c1-3-20(4-2)11-6-5-10(12(21)7-11)9-17-19-16-18-15(24)13(25-16)8-14(22)23/h5-7,9,13,21H,3-4,8H2,1-2H3,(H,22,23)(H,18,19,24). The summed E-state index contributed by atoms with van der Waals surface area (Å²) in [5.74, 6) is -1.36. The number of aliphatic carboxylic acids is 1. The molecule has 134 valence electrons. The van der Waals surface area contributed by atoms with Crippen LogP contribution < -0.4 is 10.2 Å². The number of hydrogen-bond donors (Lipinski definition) is 3. The van der Waals surface area contributed by atoms with Crippen molar-refractivity contribution in [2.45, 2.75) is 25.5 Å². The van der Waals surface area contributed by atoms with Crippen LogP contribution in [0.4, 0.5) is 5.69 Å². The molecule has 25 heavy (non-hydrogen) atoms. The third-order valence-corrected chi connectivity index (χ3v) is 4.70. The molecule has 0 bridgehead atoms. The first-order valence-corrected chi connectivity index (χ1v) is 8.70. The van der Waals surface area contributed by atoms with Gasteiger partial charge in [-0.15, -0.1) is 5.10 Å². The van der Waals surface area contributed by atoms with Gasteiger partial charge in [-0.1, -0.05) is 11.8 Å². The zero-order valence-electron chi connectivity index (χ0n) is 14.0. The first-order valence-electron chi connectivity index (χ1n) is 7.82. The molecule has 1 aromatic rings. The van der Waals surface area contributed by atoms with Gasteiger partial charge in [0.25, 0.3) is 0 Å². The van der Waals surface area contributed by atoms with Gasteiger partial charge in [0.05, 0.1) is 12.6 Å². The number of carboxylic acid groups (broad SMARTS) is 1. The Morgan fingerprint density at radius 1 is 1.40 bits per heavy atom. The van der Waals surface area contributed by atoms with E-state index in [4.69, 9.17) is 5.11 Å². The van der Waals surface area contributed by atoms with E-state index in [1.165, 1.54) is 6.21 Å². The van der Waals surface area contributed by atoms with Crippen molar-refractivity contribution in [2.24, 2.45) is 10.2 Å². The Labute approximate surface area is 149 Å². The average molecular weight is 364 g/mol. The van der Waals surface area contributed by atoms with Gasteiger partial charge in [-0.3, -0.25) is 9.59 Å². The maximum Gasteiger partial charge on any atom is 0.305 e. The number of benzene rings is 1. The first kappa shape index (κ1) is 18.8. The van der Waals surface area contributed by atoms with Crippen LogP contribution in [0, 0.1) is 0 Å². The number of nitrogens with zero attached hydrogens (tertiary/aromatic N) is 3. The third-order valence-electron chi connectivity index (χ3n) is 3.62. The van der Waals surface area contributed by atoms with Gasteiger partial charge in [0.1, 0.15) is 11.0 Å². The van der Waals surface area contributed by atoms with Crippen molar-refractivity contribution in [1.82, 2.24) is 5.32 Å². The number of anilines is 1. The van der Waals surface area contributed by atoms with E-state index in [9.17, 15) is 14.7 Å². The second-order valence-electron chi connectivity index (χ2n) is 5.26. The number of phenols is 1. The number of carbonyl (C=O) groups excluding carboxylic acids is 1. The van der Waals surface area contributed by atoms with Gasteiger partial charge in [0.15, 0.2) is 5.17 Å². The van der Waals surface area contributed by atoms with Crippen LogP contribution in [-0.2, 0) is 9.59 Å². The van der Waals surface area contributed by atoms with E-state index in [2.05, 4.69) is 20.4 Å². The number of nitrogens with one attached hydrogen (secondary N) is 1. The van der Waals surface area contributed by atoms with E-state index in [1.54, 1.807) is 12.1 Å². The molecule has 1 aromatic carbocycles. The zero-order valence-corrected chi connectivity index (χ0v) is 14.8. The van der Waals surface area contributed by atoms with Gasteiger partial charge in [0.2, 0.25) is 5.91 Å². The monoisotopic (exact) mass is 364 g/mol. The number of phenolic OH excluding ortho intramolecular Hbond substituents is 1. The summed E-state index contributed by atoms with van der Waals surface area (Å²) >= 11 is 1.02. The molecule has 1 heterocycles. The molecular weight excluding hydrogens is 344 g/mol. The van der Waals surface area contributed by atoms with Crippen LogP contribution in [0.2, 0.25) is 0 Å². The van der Waals surface area contributed by atoms with E-state index < -0.39 is 17.1 Å². The number of carbonyl (C=O) groups is 2. The van der Waals surface area contributed by atoms with E-state index in [0.717, 1.165) is 30.5 Å². The molecule has 0 aromatic heterocycles. The molecule has 1 aliphatic heterocycles. The smallest absolute Gasteiger partial charge is 0.305 e. The lowest BCUT2D eigenvalue weighted by Gasteiger charge is -2.21. The highest BCUT2D eigenvalue weighted by Gasteiger charge is 2.32. The highest BCUT2D eigenvalue weighted by Crippen LogP contribution is 2.24. The van der Waals surface area contributed by atoms with Gasteiger partial charge in [-0.05, 0) is 26.0 Å². The predicted molar refractivity (Wildman–Crippen MR) is 98.5 cm³/mol. The van der Waals surface area contributed by atoms with Crippen molar-refractivity contribution in [2.75, 3.05) is 18.0 Å². The largest absolute Gasteiger partial charge is 0.507 e. The molecule has 9 heteroatoms. The van der Waals surface area contributed by atoms with E-state index in [0.29, 0.717) is 5.56 Å². The predicted octanol–water partition coefficient (Wildman–Crippen LogP) is 1.63. The Bertz CT molecular complexity index is 716. The summed E-state index contributed by atoms with van der Waals surface area (Å²) in [5, 5.41) is 28.6. The fourth-order valence-corrected chi connectivity index (χ4v) is 3.23. The quantitative estimate of drug-likeness (QED) is 0.500. The average Bonchev–Trinajstić information content (AvgIpc) is 2.89. The summed E-state index contributed by atoms with van der Waals surface area (Å²) in [6.07, 6.45) is 1.11. The molecule has 1 unspecified atom stereocenters. The molecular formula is C16H20N4O4S. The summed E-state index contributed by atoms with van der Waals surface area (Å²) in [7, 11) is 0. The first-order chi connectivity index (χ1) is 11.9. The molecule has 0 saturated carbocycles. The lowest BCUT2D eigenvalue weighted by molar-refractivity contribution is -0.138. The van der Waals surface area contributed by atoms with Crippen LogP contribution in [0.1, 0.15) is 25.8 Å². The Kier molecular flexibility index (Phi) is 6.40. The van der Waals surface area contributed by atoms with Crippen LogP contribution in [0.3, 0.4) is 0 Å². The maximum absolute atomic E-state index is 11.6. The van der Waals surface area contributed by atoms with E-state index in [-0.39, 0.29) is 17.3 Å². The van der Waals surface area contributed by atoms with Gasteiger partial charge in [-0.2, -0.15) is 5.10 Å². The van der Waals surface area contributed by atoms with Gasteiger partial charge >= 0.3 is 5.97 Å². The summed E-state index contributed by atoms with van der Waals surface area (Å²) in [4.78, 5) is 24.4. The van der Waals surface area contributed by atoms with Crippen molar-refractivity contribution < 1.29 is 19.8 Å². The molecule has 2 rings (SSSR count). The van der Waals surface area contributed by atoms with Gasteiger partial charge in [0, 0.05) is 30.4 Å². The van der Waals surface area contributed by atoms with E-state index >= 15 is 0 Å². The summed E-state index contributed by atoms with van der Waals surface area (Å²) < 4.78 is 0. The van der Waals surface area contributed by atoms with Crippen molar-refractivity contribution in [3.63, 3.8) is 0 Å². The lowest BCUT2D eigenvalue weighted by atomic mass is 10.2. The molecule has 1 amide bonds. The minimum absolute atomic E-state index is 0.0835. The van der Waals surface area contributed by atoms with Crippen molar-refractivity contribution in [1.29, 1.82) is 0 Å². The fraction of sp³-hybridized carbons (Fsp3) is 0.375. The maximum atomic E-state index is 11.6. The molecule has 1 saturated heterocycles. The molecule has 1 atom stereocenters. The highest BCUT2D eigenvalue weighted by molar-refractivity contribution is 8.15. The molecule has 1 aliphatic rings. The molecule has 8 nitrogen and oxygen atoms in total. The van der Waals surface area contributed by atoms with Crippen molar-refractivity contribution in [3.8, 4) is 5.75 Å². The molecule has 0 spiro atoms. The number of rotatable bonds is 7. The van der Waals surface area contributed by atoms with Crippen LogP contribution in [-0.4, -0.2) is 51.8 Å². The lowest BCUT2D eigenvalue weighted by Crippen LogP contribution is -2.26. The minimum atomic E-state index is -1.05. The Balaban J connectivity index is 2.05. The second kappa shape index (κ2) is 8.52. The van der Waals surface area contributed by atoms with E-state index in [1.807, 2.05) is 19.9 Å². The van der Waals surface area contributed by atoms with Crippen molar-refractivity contribution >= 4 is 40.7 Å². The fourth-order valence-electron chi connectivity index (χ4n) is 2.32. The SMILES string of the molecule is CCN(CC)c1ccc(C=NN=C2NC(=O)C(CC(=O)O)S2)c(O)c1. The third kappa shape index (κ3) is 4.96. The number of thioether (sulfide) groups is 1. The van der Waals surface area contributed by atoms with Gasteiger partial charge < -0.3 is 20.4 Å². The van der Waals surface area contributed by atoms with Crippen LogP contribution in [0.25, 0.3) is 0 Å². The Morgan fingerprint density at radius 3 is 2.72 bits per heavy atom. The number of amides is 1. The number of amidine groups is 1.